The van der Waals surface area contributed by atoms with E-state index in [-0.39, 0.29) is 5.66 Å². The standard InChI is InChI=1S/C20H33O3P/c21-24(20-14-8-3-9-15-20,22-16-18-10-4-1-5-11-18)23-17-19-12-6-2-7-13-19/h1-2,4,6,18-20H,3,5,7-17H2. The van der Waals surface area contributed by atoms with Crippen molar-refractivity contribution in [2.75, 3.05) is 13.2 Å². The van der Waals surface area contributed by atoms with Gasteiger partial charge in [0.15, 0.2) is 0 Å². The van der Waals surface area contributed by atoms with Crippen molar-refractivity contribution in [3.05, 3.63) is 24.3 Å². The van der Waals surface area contributed by atoms with E-state index in [2.05, 4.69) is 24.3 Å². The average Bonchev–Trinajstić information content (AvgIpc) is 2.67. The number of hydrogen-bond donors (Lipinski definition) is 0. The van der Waals surface area contributed by atoms with Crippen LogP contribution in [0, 0.1) is 11.8 Å². The molecule has 4 heteroatoms. The Balaban J connectivity index is 1.57. The normalized spacial score (nSPS) is 31.0. The summed E-state index contributed by atoms with van der Waals surface area (Å²) in [6.45, 7) is 1.20. The second kappa shape index (κ2) is 9.36. The summed E-state index contributed by atoms with van der Waals surface area (Å²) in [5, 5.41) is 0. The molecule has 0 aromatic heterocycles. The summed E-state index contributed by atoms with van der Waals surface area (Å²) in [6, 6.07) is 0. The Morgan fingerprint density at radius 1 is 0.750 bits per heavy atom. The van der Waals surface area contributed by atoms with Gasteiger partial charge in [0.25, 0.3) is 0 Å². The fraction of sp³-hybridized carbons (Fsp3) is 0.800. The first-order chi connectivity index (χ1) is 11.8. The highest BCUT2D eigenvalue weighted by atomic mass is 31.2. The first-order valence-corrected chi connectivity index (χ1v) is 11.6. The Morgan fingerprint density at radius 3 is 1.75 bits per heavy atom. The van der Waals surface area contributed by atoms with E-state index in [0.717, 1.165) is 51.4 Å². The zero-order valence-electron chi connectivity index (χ0n) is 14.9. The Hall–Kier alpha value is -0.370. The number of allylic oxidation sites excluding steroid dienone is 4. The lowest BCUT2D eigenvalue weighted by molar-refractivity contribution is 0.145. The highest BCUT2D eigenvalue weighted by Gasteiger charge is 2.38. The smallest absolute Gasteiger partial charge is 0.308 e. The molecule has 3 rings (SSSR count). The van der Waals surface area contributed by atoms with Gasteiger partial charge < -0.3 is 9.05 Å². The minimum atomic E-state index is -2.98. The predicted octanol–water partition coefficient (Wildman–Crippen LogP) is 6.26. The molecule has 3 aliphatic carbocycles. The van der Waals surface area contributed by atoms with Gasteiger partial charge in [0, 0.05) is 0 Å². The van der Waals surface area contributed by atoms with Crippen LogP contribution in [0.1, 0.15) is 70.6 Å². The Labute approximate surface area is 147 Å². The first kappa shape index (κ1) is 18.4. The van der Waals surface area contributed by atoms with Crippen LogP contribution in [0.3, 0.4) is 0 Å². The van der Waals surface area contributed by atoms with Crippen LogP contribution in [0.25, 0.3) is 0 Å². The molecule has 2 unspecified atom stereocenters. The van der Waals surface area contributed by atoms with Gasteiger partial charge in [-0.3, -0.25) is 4.57 Å². The highest BCUT2D eigenvalue weighted by molar-refractivity contribution is 7.54. The van der Waals surface area contributed by atoms with Crippen LogP contribution in [-0.2, 0) is 13.6 Å². The van der Waals surface area contributed by atoms with Crippen molar-refractivity contribution in [3.8, 4) is 0 Å². The molecule has 2 atom stereocenters. The third-order valence-corrected chi connectivity index (χ3v) is 8.19. The quantitative estimate of drug-likeness (QED) is 0.401. The van der Waals surface area contributed by atoms with Crippen molar-refractivity contribution in [1.29, 1.82) is 0 Å². The van der Waals surface area contributed by atoms with E-state index in [1.807, 2.05) is 0 Å². The molecule has 0 amide bonds. The van der Waals surface area contributed by atoms with Crippen LogP contribution in [0.4, 0.5) is 0 Å². The fourth-order valence-corrected chi connectivity index (χ4v) is 6.41. The van der Waals surface area contributed by atoms with Crippen molar-refractivity contribution in [2.45, 2.75) is 76.3 Å². The average molecular weight is 352 g/mol. The van der Waals surface area contributed by atoms with E-state index in [4.69, 9.17) is 9.05 Å². The lowest BCUT2D eigenvalue weighted by Gasteiger charge is -2.32. The van der Waals surface area contributed by atoms with Crippen LogP contribution < -0.4 is 0 Å². The van der Waals surface area contributed by atoms with Crippen LogP contribution in [0.2, 0.25) is 0 Å². The Bertz CT molecular complexity index is 447. The number of rotatable bonds is 7. The molecule has 0 bridgehead atoms. The molecule has 0 aromatic rings. The molecule has 3 nitrogen and oxygen atoms in total. The summed E-state index contributed by atoms with van der Waals surface area (Å²) < 4.78 is 25.7. The van der Waals surface area contributed by atoms with Crippen molar-refractivity contribution in [2.24, 2.45) is 11.8 Å². The van der Waals surface area contributed by atoms with E-state index < -0.39 is 7.60 Å². The molecule has 1 saturated carbocycles. The second-order valence-electron chi connectivity index (χ2n) is 7.72. The van der Waals surface area contributed by atoms with Gasteiger partial charge in [-0.15, -0.1) is 0 Å². The van der Waals surface area contributed by atoms with E-state index in [1.165, 1.54) is 19.3 Å². The monoisotopic (exact) mass is 352 g/mol. The van der Waals surface area contributed by atoms with Crippen LogP contribution in [-0.4, -0.2) is 18.9 Å². The molecule has 136 valence electrons. The predicted molar refractivity (Wildman–Crippen MR) is 99.3 cm³/mol. The minimum absolute atomic E-state index is 0.129. The maximum absolute atomic E-state index is 13.6. The Morgan fingerprint density at radius 2 is 1.29 bits per heavy atom. The van der Waals surface area contributed by atoms with E-state index in [0.29, 0.717) is 25.0 Å². The van der Waals surface area contributed by atoms with Gasteiger partial charge in [-0.1, -0.05) is 43.6 Å². The van der Waals surface area contributed by atoms with Crippen molar-refractivity contribution in [1.82, 2.24) is 0 Å². The van der Waals surface area contributed by atoms with Crippen molar-refractivity contribution in [3.63, 3.8) is 0 Å². The molecule has 24 heavy (non-hydrogen) atoms. The maximum Gasteiger partial charge on any atom is 0.333 e. The molecule has 0 saturated heterocycles. The largest absolute Gasteiger partial charge is 0.333 e. The topological polar surface area (TPSA) is 35.5 Å². The summed E-state index contributed by atoms with van der Waals surface area (Å²) in [5.41, 5.74) is 0.129. The lowest BCUT2D eigenvalue weighted by Crippen LogP contribution is -2.21. The van der Waals surface area contributed by atoms with Crippen LogP contribution in [0.5, 0.6) is 0 Å². The van der Waals surface area contributed by atoms with Crippen molar-refractivity contribution < 1.29 is 13.6 Å². The third-order valence-electron chi connectivity index (χ3n) is 5.76. The fourth-order valence-electron chi connectivity index (χ4n) is 4.08. The second-order valence-corrected chi connectivity index (χ2v) is 10.1. The van der Waals surface area contributed by atoms with Gasteiger partial charge in [0.1, 0.15) is 0 Å². The lowest BCUT2D eigenvalue weighted by atomic mass is 9.96. The Kier molecular flexibility index (Phi) is 7.19. The summed E-state index contributed by atoms with van der Waals surface area (Å²) in [6.07, 6.45) is 21.2. The van der Waals surface area contributed by atoms with Gasteiger partial charge >= 0.3 is 7.60 Å². The highest BCUT2D eigenvalue weighted by Crippen LogP contribution is 2.58. The molecule has 0 aromatic carbocycles. The first-order valence-electron chi connectivity index (χ1n) is 9.95. The molecule has 1 fully saturated rings. The van der Waals surface area contributed by atoms with Gasteiger partial charge in [-0.05, 0) is 63.2 Å². The number of hydrogen-bond acceptors (Lipinski definition) is 3. The van der Waals surface area contributed by atoms with Crippen LogP contribution in [0.15, 0.2) is 24.3 Å². The molecule has 0 heterocycles. The van der Waals surface area contributed by atoms with Gasteiger partial charge in [0.05, 0.1) is 18.9 Å². The zero-order chi connectivity index (χ0) is 16.7. The van der Waals surface area contributed by atoms with Crippen LogP contribution >= 0.6 is 7.60 Å². The minimum Gasteiger partial charge on any atom is -0.308 e. The van der Waals surface area contributed by atoms with E-state index in [9.17, 15) is 4.57 Å². The van der Waals surface area contributed by atoms with Crippen molar-refractivity contribution >= 4 is 7.60 Å². The van der Waals surface area contributed by atoms with Gasteiger partial charge in [-0.2, -0.15) is 0 Å². The third kappa shape index (κ3) is 5.31. The van der Waals surface area contributed by atoms with E-state index >= 15 is 0 Å². The molecule has 0 spiro atoms. The molecule has 0 N–H and O–H groups in total. The summed E-state index contributed by atoms with van der Waals surface area (Å²) in [7, 11) is -2.98. The maximum atomic E-state index is 13.6. The van der Waals surface area contributed by atoms with E-state index in [1.54, 1.807) is 0 Å². The SMILES string of the molecule is O=P(OCC1CC=CCC1)(OCC1CC=CCC1)C1CCCCC1. The van der Waals surface area contributed by atoms with Gasteiger partial charge in [-0.25, -0.2) is 0 Å². The summed E-state index contributed by atoms with van der Waals surface area (Å²) in [4.78, 5) is 0. The molecular weight excluding hydrogens is 319 g/mol. The zero-order valence-corrected chi connectivity index (χ0v) is 15.8. The van der Waals surface area contributed by atoms with Gasteiger partial charge in [0.2, 0.25) is 0 Å². The molecule has 3 aliphatic rings. The summed E-state index contributed by atoms with van der Waals surface area (Å²) >= 11 is 0. The molecule has 0 radical (unpaired) electrons. The summed E-state index contributed by atoms with van der Waals surface area (Å²) in [5.74, 6) is 1.02. The molecular formula is C20H33O3P. The molecule has 0 aliphatic heterocycles.